The molecule has 0 spiro atoms. The number of sulfone groups is 1. The van der Waals surface area contributed by atoms with Crippen LogP contribution in [0.4, 0.5) is 10.1 Å². The third-order valence-electron chi connectivity index (χ3n) is 7.57. The van der Waals surface area contributed by atoms with E-state index in [4.69, 9.17) is 0 Å². The SMILES string of the molecule is CC(C)N1Cc2cc(S(C)(=O)=O)ccc2N(CCN2CC[C@H](c3c[nH]c4cc(F)ccc34)C[C@H]2C)S1. The Morgan fingerprint density at radius 3 is 2.69 bits per heavy atom. The maximum absolute atomic E-state index is 13.6. The molecule has 1 aromatic heterocycles. The Labute approximate surface area is 218 Å². The molecule has 6 nitrogen and oxygen atoms in total. The first-order valence-electron chi connectivity index (χ1n) is 12.7. The highest BCUT2D eigenvalue weighted by Crippen LogP contribution is 2.39. The van der Waals surface area contributed by atoms with Crippen LogP contribution in [0, 0.1) is 5.82 Å². The molecule has 1 N–H and O–H groups in total. The third-order valence-corrected chi connectivity index (χ3v) is 10.0. The van der Waals surface area contributed by atoms with Crippen LogP contribution in [-0.4, -0.2) is 60.6 Å². The van der Waals surface area contributed by atoms with Crippen LogP contribution in [0.2, 0.25) is 0 Å². The number of nitrogens with one attached hydrogen (secondary N) is 1. The fourth-order valence-electron chi connectivity index (χ4n) is 5.48. The second-order valence-electron chi connectivity index (χ2n) is 10.5. The first-order valence-corrected chi connectivity index (χ1v) is 15.3. The zero-order valence-electron chi connectivity index (χ0n) is 21.4. The van der Waals surface area contributed by atoms with E-state index < -0.39 is 9.84 Å². The van der Waals surface area contributed by atoms with E-state index in [1.807, 2.05) is 18.2 Å². The second-order valence-corrected chi connectivity index (χ2v) is 13.5. The summed E-state index contributed by atoms with van der Waals surface area (Å²) in [6.45, 7) is 10.2. The molecule has 36 heavy (non-hydrogen) atoms. The van der Waals surface area contributed by atoms with Crippen LogP contribution < -0.4 is 4.31 Å². The van der Waals surface area contributed by atoms with Crippen LogP contribution in [0.25, 0.3) is 10.9 Å². The van der Waals surface area contributed by atoms with Gasteiger partial charge < -0.3 is 9.29 Å². The van der Waals surface area contributed by atoms with Gasteiger partial charge in [-0.1, -0.05) is 0 Å². The third kappa shape index (κ3) is 5.16. The van der Waals surface area contributed by atoms with Gasteiger partial charge in [0, 0.05) is 67.2 Å². The molecular formula is C27H35FN4O2S2. The molecule has 0 unspecified atom stereocenters. The van der Waals surface area contributed by atoms with Gasteiger partial charge >= 0.3 is 0 Å². The molecule has 0 amide bonds. The Morgan fingerprint density at radius 2 is 1.97 bits per heavy atom. The number of anilines is 1. The van der Waals surface area contributed by atoms with Crippen molar-refractivity contribution in [2.24, 2.45) is 0 Å². The van der Waals surface area contributed by atoms with Crippen molar-refractivity contribution in [3.8, 4) is 0 Å². The summed E-state index contributed by atoms with van der Waals surface area (Å²) in [5, 5.41) is 1.13. The Kier molecular flexibility index (Phi) is 7.11. The van der Waals surface area contributed by atoms with Crippen LogP contribution in [0.1, 0.15) is 50.7 Å². The lowest BCUT2D eigenvalue weighted by Crippen LogP contribution is -2.45. The van der Waals surface area contributed by atoms with E-state index in [9.17, 15) is 12.8 Å². The van der Waals surface area contributed by atoms with Crippen LogP contribution in [0.5, 0.6) is 0 Å². The number of aromatic amines is 1. The topological polar surface area (TPSA) is 59.7 Å². The summed E-state index contributed by atoms with van der Waals surface area (Å²) in [6, 6.07) is 11.3. The Balaban J connectivity index is 1.27. The number of piperidine rings is 1. The summed E-state index contributed by atoms with van der Waals surface area (Å²) < 4.78 is 42.5. The number of nitrogens with zero attached hydrogens (tertiary/aromatic N) is 3. The number of hydrogen-bond acceptors (Lipinski definition) is 6. The van der Waals surface area contributed by atoms with Crippen molar-refractivity contribution in [1.29, 1.82) is 0 Å². The standard InChI is InChI=1S/C27H35FN4O2S2/c1-18(2)32-17-21-14-23(36(4,33)34)6-8-27(21)31(35-32)12-11-30-10-9-20(13-19(30)3)25-16-29-26-15-22(28)5-7-24(25)26/h5-8,14-16,18-20,29H,9-13,17H2,1-4H3/t19-,20+/m1/s1. The molecule has 5 rings (SSSR count). The van der Waals surface area contributed by atoms with E-state index in [0.717, 1.165) is 61.2 Å². The van der Waals surface area contributed by atoms with Crippen LogP contribution in [-0.2, 0) is 16.4 Å². The monoisotopic (exact) mass is 530 g/mol. The smallest absolute Gasteiger partial charge is 0.175 e. The van der Waals surface area contributed by atoms with Crippen molar-refractivity contribution in [1.82, 2.24) is 14.2 Å². The number of fused-ring (bicyclic) bond motifs is 2. The van der Waals surface area contributed by atoms with E-state index in [-0.39, 0.29) is 5.82 Å². The van der Waals surface area contributed by atoms with Gasteiger partial charge in [-0.2, -0.15) is 0 Å². The van der Waals surface area contributed by atoms with Crippen molar-refractivity contribution in [3.63, 3.8) is 0 Å². The van der Waals surface area contributed by atoms with Gasteiger partial charge in [0.05, 0.1) is 10.6 Å². The first-order chi connectivity index (χ1) is 17.1. The molecule has 2 aromatic carbocycles. The van der Waals surface area contributed by atoms with Gasteiger partial charge in [0.1, 0.15) is 5.82 Å². The molecule has 0 saturated carbocycles. The summed E-state index contributed by atoms with van der Waals surface area (Å²) >= 11 is 1.74. The van der Waals surface area contributed by atoms with Crippen LogP contribution in [0.15, 0.2) is 47.5 Å². The Bertz CT molecular complexity index is 1360. The molecule has 1 saturated heterocycles. The number of aromatic nitrogens is 1. The number of hydrogen-bond donors (Lipinski definition) is 1. The Hall–Kier alpha value is -2.07. The highest BCUT2D eigenvalue weighted by molar-refractivity contribution is 7.98. The van der Waals surface area contributed by atoms with Crippen LogP contribution >= 0.6 is 12.1 Å². The molecule has 1 fully saturated rings. The van der Waals surface area contributed by atoms with Gasteiger partial charge in [-0.25, -0.2) is 17.1 Å². The summed E-state index contributed by atoms with van der Waals surface area (Å²) in [6.07, 6.45) is 5.48. The van der Waals surface area contributed by atoms with E-state index in [1.54, 1.807) is 30.3 Å². The molecule has 2 atom stereocenters. The van der Waals surface area contributed by atoms with E-state index >= 15 is 0 Å². The number of likely N-dealkylation sites (tertiary alicyclic amines) is 1. The lowest BCUT2D eigenvalue weighted by atomic mass is 9.85. The van der Waals surface area contributed by atoms with Gasteiger partial charge in [-0.15, -0.1) is 0 Å². The number of H-pyrrole nitrogens is 1. The van der Waals surface area contributed by atoms with E-state index in [0.29, 0.717) is 22.9 Å². The summed E-state index contributed by atoms with van der Waals surface area (Å²) in [5.41, 5.74) is 4.34. The minimum atomic E-state index is -3.24. The zero-order valence-corrected chi connectivity index (χ0v) is 23.0. The van der Waals surface area contributed by atoms with Gasteiger partial charge in [-0.3, -0.25) is 4.90 Å². The molecule has 0 bridgehead atoms. The highest BCUT2D eigenvalue weighted by Gasteiger charge is 2.30. The lowest BCUT2D eigenvalue weighted by Gasteiger charge is -2.42. The minimum absolute atomic E-state index is 0.209. The predicted molar refractivity (Wildman–Crippen MR) is 146 cm³/mol. The van der Waals surface area contributed by atoms with Crippen molar-refractivity contribution in [2.75, 3.05) is 30.2 Å². The second kappa shape index (κ2) is 10.0. The average molecular weight is 531 g/mol. The van der Waals surface area contributed by atoms with Crippen molar-refractivity contribution in [3.05, 3.63) is 59.5 Å². The van der Waals surface area contributed by atoms with E-state index in [2.05, 4.69) is 45.5 Å². The average Bonchev–Trinajstić information content (AvgIpc) is 3.24. The number of rotatable bonds is 6. The lowest BCUT2D eigenvalue weighted by molar-refractivity contribution is 0.151. The summed E-state index contributed by atoms with van der Waals surface area (Å²) in [5.74, 6) is 0.256. The molecule has 194 valence electrons. The van der Waals surface area contributed by atoms with E-state index in [1.165, 1.54) is 11.8 Å². The zero-order chi connectivity index (χ0) is 25.6. The maximum Gasteiger partial charge on any atom is 0.175 e. The molecule has 0 aliphatic carbocycles. The fourth-order valence-corrected chi connectivity index (χ4v) is 7.22. The highest BCUT2D eigenvalue weighted by atomic mass is 32.2. The van der Waals surface area contributed by atoms with Gasteiger partial charge in [0.2, 0.25) is 0 Å². The molecule has 9 heteroatoms. The fraction of sp³-hybridized carbons (Fsp3) is 0.481. The maximum atomic E-state index is 13.6. The van der Waals surface area contributed by atoms with Gasteiger partial charge in [-0.05, 0) is 93.6 Å². The molecule has 2 aliphatic rings. The molecule has 3 aromatic rings. The van der Waals surface area contributed by atoms with Crippen LogP contribution in [0.3, 0.4) is 0 Å². The quantitative estimate of drug-likeness (QED) is 0.421. The number of halogens is 1. The van der Waals surface area contributed by atoms with Crippen molar-refractivity contribution < 1.29 is 12.8 Å². The largest absolute Gasteiger partial charge is 0.361 e. The summed E-state index contributed by atoms with van der Waals surface area (Å²) in [7, 11) is -3.24. The Morgan fingerprint density at radius 1 is 1.17 bits per heavy atom. The summed E-state index contributed by atoms with van der Waals surface area (Å²) in [4.78, 5) is 6.19. The molecular weight excluding hydrogens is 495 g/mol. The van der Waals surface area contributed by atoms with Crippen molar-refractivity contribution >= 4 is 38.6 Å². The normalized spacial score (nSPS) is 21.9. The van der Waals surface area contributed by atoms with Crippen molar-refractivity contribution in [2.45, 2.75) is 63.1 Å². The molecule has 2 aliphatic heterocycles. The number of benzene rings is 2. The van der Waals surface area contributed by atoms with Gasteiger partial charge in [0.15, 0.2) is 9.84 Å². The predicted octanol–water partition coefficient (Wildman–Crippen LogP) is 5.57. The van der Waals surface area contributed by atoms with Gasteiger partial charge in [0.25, 0.3) is 0 Å². The minimum Gasteiger partial charge on any atom is -0.361 e. The molecule has 0 radical (unpaired) electrons. The molecule has 3 heterocycles. The first kappa shape index (κ1) is 25.6.